The minimum atomic E-state index is -1.18. The molecule has 0 aromatic carbocycles. The van der Waals surface area contributed by atoms with Gasteiger partial charge in [0.05, 0.1) is 0 Å². The Labute approximate surface area is 88.2 Å². The molecule has 1 atom stereocenters. The Morgan fingerprint density at radius 3 is 2.33 bits per heavy atom. The van der Waals surface area contributed by atoms with E-state index in [1.807, 2.05) is 0 Å². The number of aliphatic carboxylic acids is 1. The maximum atomic E-state index is 11.5. The number of hydrogen-bond donors (Lipinski definition) is 3. The van der Waals surface area contributed by atoms with E-state index in [9.17, 15) is 9.59 Å². The molecule has 0 bridgehead atoms. The zero-order valence-corrected chi connectivity index (χ0v) is 9.11. The summed E-state index contributed by atoms with van der Waals surface area (Å²) in [5, 5.41) is 19.6. The Bertz CT molecular complexity index is 239. The number of nitrogens with one attached hydrogen (secondary N) is 1. The minimum Gasteiger partial charge on any atom is -0.480 e. The summed E-state index contributed by atoms with van der Waals surface area (Å²) in [6, 6.07) is -1.09. The third-order valence-corrected chi connectivity index (χ3v) is 2.08. The molecule has 15 heavy (non-hydrogen) atoms. The second-order valence-electron chi connectivity index (χ2n) is 3.59. The van der Waals surface area contributed by atoms with Crippen molar-refractivity contribution in [2.75, 3.05) is 13.7 Å². The molecule has 0 aliphatic rings. The first-order valence-electron chi connectivity index (χ1n) is 4.55. The van der Waals surface area contributed by atoms with Crippen LogP contribution in [0, 0.1) is 0 Å². The standard InChI is InChI=1S/C9H17NO5/c1-9(2,15-3)8(14)10-6(4-5-11)7(12)13/h6,11H,4-5H2,1-3H3,(H,10,14)(H,12,13)/t6-/m1/s1. The zero-order valence-electron chi connectivity index (χ0n) is 9.11. The minimum absolute atomic E-state index is 0.0269. The fourth-order valence-electron chi connectivity index (χ4n) is 0.811. The molecule has 0 aromatic heterocycles. The summed E-state index contributed by atoms with van der Waals surface area (Å²) in [6.07, 6.45) is -0.0269. The van der Waals surface area contributed by atoms with Crippen LogP contribution < -0.4 is 5.32 Å². The van der Waals surface area contributed by atoms with Gasteiger partial charge in [-0.3, -0.25) is 4.79 Å². The predicted octanol–water partition coefficient (Wildman–Crippen LogP) is -0.637. The lowest BCUT2D eigenvalue weighted by atomic mass is 10.1. The Morgan fingerprint density at radius 2 is 2.00 bits per heavy atom. The Kier molecular flexibility index (Phi) is 5.24. The van der Waals surface area contributed by atoms with Gasteiger partial charge in [0.25, 0.3) is 5.91 Å². The number of methoxy groups -OCH3 is 1. The lowest BCUT2D eigenvalue weighted by molar-refractivity contribution is -0.147. The van der Waals surface area contributed by atoms with Crippen LogP contribution in [-0.2, 0) is 14.3 Å². The second-order valence-corrected chi connectivity index (χ2v) is 3.59. The Balaban J connectivity index is 4.41. The lowest BCUT2D eigenvalue weighted by Gasteiger charge is -2.24. The van der Waals surface area contributed by atoms with Gasteiger partial charge in [-0.1, -0.05) is 0 Å². The third-order valence-electron chi connectivity index (χ3n) is 2.08. The number of hydrogen-bond acceptors (Lipinski definition) is 4. The summed E-state index contributed by atoms with van der Waals surface area (Å²) < 4.78 is 4.89. The first-order valence-corrected chi connectivity index (χ1v) is 4.55. The van der Waals surface area contributed by atoms with Crippen LogP contribution in [0.15, 0.2) is 0 Å². The molecule has 88 valence electrons. The molecule has 0 saturated heterocycles. The van der Waals surface area contributed by atoms with Gasteiger partial charge in [0, 0.05) is 20.1 Å². The lowest BCUT2D eigenvalue weighted by Crippen LogP contribution is -2.50. The molecule has 0 radical (unpaired) electrons. The highest BCUT2D eigenvalue weighted by atomic mass is 16.5. The van der Waals surface area contributed by atoms with E-state index in [2.05, 4.69) is 5.32 Å². The van der Waals surface area contributed by atoms with Crippen molar-refractivity contribution in [2.24, 2.45) is 0 Å². The van der Waals surface area contributed by atoms with E-state index in [1.165, 1.54) is 21.0 Å². The van der Waals surface area contributed by atoms with Crippen molar-refractivity contribution in [3.8, 4) is 0 Å². The molecular weight excluding hydrogens is 202 g/mol. The molecule has 0 aromatic rings. The number of aliphatic hydroxyl groups is 1. The van der Waals surface area contributed by atoms with Crippen LogP contribution >= 0.6 is 0 Å². The van der Waals surface area contributed by atoms with E-state index < -0.39 is 23.5 Å². The van der Waals surface area contributed by atoms with E-state index in [-0.39, 0.29) is 13.0 Å². The highest BCUT2D eigenvalue weighted by Gasteiger charge is 2.30. The SMILES string of the molecule is COC(C)(C)C(=O)N[C@H](CCO)C(=O)O. The van der Waals surface area contributed by atoms with Crippen molar-refractivity contribution in [1.82, 2.24) is 5.32 Å². The van der Waals surface area contributed by atoms with Crippen LogP contribution in [0.1, 0.15) is 20.3 Å². The molecule has 0 aliphatic carbocycles. The average molecular weight is 219 g/mol. The molecule has 3 N–H and O–H groups in total. The van der Waals surface area contributed by atoms with Crippen molar-refractivity contribution >= 4 is 11.9 Å². The monoisotopic (exact) mass is 219 g/mol. The highest BCUT2D eigenvalue weighted by molar-refractivity contribution is 5.88. The molecule has 0 saturated carbocycles. The number of carbonyl (C=O) groups is 2. The Hall–Kier alpha value is -1.14. The van der Waals surface area contributed by atoms with E-state index >= 15 is 0 Å². The van der Waals surface area contributed by atoms with E-state index in [0.717, 1.165) is 0 Å². The number of ether oxygens (including phenoxy) is 1. The number of carbonyl (C=O) groups excluding carboxylic acids is 1. The smallest absolute Gasteiger partial charge is 0.326 e. The van der Waals surface area contributed by atoms with Gasteiger partial charge in [-0.05, 0) is 13.8 Å². The molecule has 0 unspecified atom stereocenters. The average Bonchev–Trinajstić information content (AvgIpc) is 2.16. The third kappa shape index (κ3) is 4.26. The van der Waals surface area contributed by atoms with Crippen LogP contribution in [0.3, 0.4) is 0 Å². The summed E-state index contributed by atoms with van der Waals surface area (Å²) in [6.45, 7) is 2.75. The number of carboxylic acid groups (broad SMARTS) is 1. The first kappa shape index (κ1) is 13.9. The topological polar surface area (TPSA) is 95.9 Å². The summed E-state index contributed by atoms with van der Waals surface area (Å²) in [4.78, 5) is 22.2. The summed E-state index contributed by atoms with van der Waals surface area (Å²) in [7, 11) is 1.36. The number of aliphatic hydroxyl groups excluding tert-OH is 1. The van der Waals surface area contributed by atoms with Crippen molar-refractivity contribution in [2.45, 2.75) is 31.9 Å². The van der Waals surface area contributed by atoms with Crippen LogP contribution in [0.4, 0.5) is 0 Å². The molecule has 0 spiro atoms. The molecule has 6 nitrogen and oxygen atoms in total. The van der Waals surface area contributed by atoms with Crippen LogP contribution in [0.2, 0.25) is 0 Å². The highest BCUT2D eigenvalue weighted by Crippen LogP contribution is 2.08. The molecule has 0 rings (SSSR count). The van der Waals surface area contributed by atoms with Gasteiger partial charge in [-0.2, -0.15) is 0 Å². The van der Waals surface area contributed by atoms with Crippen molar-refractivity contribution < 1.29 is 24.5 Å². The summed E-state index contributed by atoms with van der Waals surface area (Å²) >= 11 is 0. The van der Waals surface area contributed by atoms with Gasteiger partial charge >= 0.3 is 5.97 Å². The predicted molar refractivity (Wildman–Crippen MR) is 52.4 cm³/mol. The van der Waals surface area contributed by atoms with Gasteiger partial charge in [0.15, 0.2) is 0 Å². The van der Waals surface area contributed by atoms with Crippen molar-refractivity contribution in [3.05, 3.63) is 0 Å². The molecule has 6 heteroatoms. The quantitative estimate of drug-likeness (QED) is 0.552. The zero-order chi connectivity index (χ0) is 12.1. The molecule has 0 heterocycles. The number of amides is 1. The van der Waals surface area contributed by atoms with E-state index in [0.29, 0.717) is 0 Å². The van der Waals surface area contributed by atoms with E-state index in [4.69, 9.17) is 14.9 Å². The fourth-order valence-corrected chi connectivity index (χ4v) is 0.811. The maximum absolute atomic E-state index is 11.5. The molecule has 1 amide bonds. The number of carboxylic acids is 1. The van der Waals surface area contributed by atoms with Crippen molar-refractivity contribution in [1.29, 1.82) is 0 Å². The number of rotatable bonds is 6. The fraction of sp³-hybridized carbons (Fsp3) is 0.778. The summed E-state index contributed by atoms with van der Waals surface area (Å²) in [5.41, 5.74) is -1.08. The van der Waals surface area contributed by atoms with Crippen LogP contribution in [0.25, 0.3) is 0 Å². The van der Waals surface area contributed by atoms with Gasteiger partial charge in [0.2, 0.25) is 0 Å². The molecular formula is C9H17NO5. The summed E-state index contributed by atoms with van der Waals surface area (Å²) in [5.74, 6) is -1.70. The second kappa shape index (κ2) is 5.67. The van der Waals surface area contributed by atoms with Crippen LogP contribution in [0.5, 0.6) is 0 Å². The van der Waals surface area contributed by atoms with Crippen molar-refractivity contribution in [3.63, 3.8) is 0 Å². The maximum Gasteiger partial charge on any atom is 0.326 e. The van der Waals surface area contributed by atoms with Gasteiger partial charge in [0.1, 0.15) is 11.6 Å². The van der Waals surface area contributed by atoms with Crippen LogP contribution in [-0.4, -0.2) is 47.4 Å². The largest absolute Gasteiger partial charge is 0.480 e. The molecule has 0 fully saturated rings. The van der Waals surface area contributed by atoms with Gasteiger partial charge in [-0.15, -0.1) is 0 Å². The van der Waals surface area contributed by atoms with E-state index in [1.54, 1.807) is 0 Å². The Morgan fingerprint density at radius 1 is 1.47 bits per heavy atom. The molecule has 0 aliphatic heterocycles. The van der Waals surface area contributed by atoms with Gasteiger partial charge < -0.3 is 20.3 Å². The van der Waals surface area contributed by atoms with Gasteiger partial charge in [-0.25, -0.2) is 4.79 Å². The first-order chi connectivity index (χ1) is 6.85. The normalized spacial score (nSPS) is 13.3.